The number of morpholine rings is 1. The van der Waals surface area contributed by atoms with Crippen LogP contribution in [0.4, 0.5) is 4.79 Å². The summed E-state index contributed by atoms with van der Waals surface area (Å²) in [7, 11) is 1.63. The third-order valence-corrected chi connectivity index (χ3v) is 3.60. The minimum absolute atomic E-state index is 0.100. The summed E-state index contributed by atoms with van der Waals surface area (Å²) in [6.45, 7) is 6.74. The van der Waals surface area contributed by atoms with Gasteiger partial charge in [-0.3, -0.25) is 4.90 Å². The zero-order valence-corrected chi connectivity index (χ0v) is 13.3. The first-order chi connectivity index (χ1) is 10.7. The predicted octanol–water partition coefficient (Wildman–Crippen LogP) is 1.22. The Hall–Kier alpha value is -1.79. The lowest BCUT2D eigenvalue weighted by Crippen LogP contribution is -2.48. The van der Waals surface area contributed by atoms with Gasteiger partial charge in [0.2, 0.25) is 0 Å². The fourth-order valence-corrected chi connectivity index (χ4v) is 2.46. The lowest BCUT2D eigenvalue weighted by atomic mass is 10.2. The van der Waals surface area contributed by atoms with Crippen molar-refractivity contribution in [1.29, 1.82) is 0 Å². The molecule has 22 heavy (non-hydrogen) atoms. The summed E-state index contributed by atoms with van der Waals surface area (Å²) in [5, 5.41) is 5.83. The van der Waals surface area contributed by atoms with Crippen LogP contribution in [0.15, 0.2) is 24.3 Å². The molecule has 0 aromatic heterocycles. The van der Waals surface area contributed by atoms with Crippen molar-refractivity contribution in [3.8, 4) is 5.75 Å². The third kappa shape index (κ3) is 5.54. The highest BCUT2D eigenvalue weighted by molar-refractivity contribution is 5.74. The summed E-state index contributed by atoms with van der Waals surface area (Å²) in [4.78, 5) is 14.2. The summed E-state index contributed by atoms with van der Waals surface area (Å²) in [6.07, 6.45) is 0. The van der Waals surface area contributed by atoms with Crippen LogP contribution in [-0.2, 0) is 11.3 Å². The van der Waals surface area contributed by atoms with Crippen LogP contribution in [0.1, 0.15) is 12.5 Å². The number of hydrogen-bond acceptors (Lipinski definition) is 4. The van der Waals surface area contributed by atoms with Gasteiger partial charge in [0.15, 0.2) is 0 Å². The van der Waals surface area contributed by atoms with Crippen molar-refractivity contribution < 1.29 is 14.3 Å². The normalized spacial score (nSPS) is 16.8. The lowest BCUT2D eigenvalue weighted by Gasteiger charge is -2.29. The summed E-state index contributed by atoms with van der Waals surface area (Å²) >= 11 is 0. The third-order valence-electron chi connectivity index (χ3n) is 3.60. The summed E-state index contributed by atoms with van der Waals surface area (Å²) in [5.41, 5.74) is 1.01. The molecule has 1 aromatic rings. The van der Waals surface area contributed by atoms with Gasteiger partial charge in [-0.1, -0.05) is 12.1 Å². The average Bonchev–Trinajstić information content (AvgIpc) is 2.54. The molecule has 2 amide bonds. The van der Waals surface area contributed by atoms with Crippen molar-refractivity contribution in [2.24, 2.45) is 0 Å². The van der Waals surface area contributed by atoms with Gasteiger partial charge in [-0.2, -0.15) is 0 Å². The van der Waals surface area contributed by atoms with Gasteiger partial charge in [-0.25, -0.2) is 4.79 Å². The molecular weight excluding hydrogens is 282 g/mol. The second kappa shape index (κ2) is 8.60. The van der Waals surface area contributed by atoms with Gasteiger partial charge < -0.3 is 20.1 Å². The van der Waals surface area contributed by atoms with Crippen LogP contribution in [0.25, 0.3) is 0 Å². The van der Waals surface area contributed by atoms with E-state index in [2.05, 4.69) is 15.5 Å². The topological polar surface area (TPSA) is 62.8 Å². The second-order valence-electron chi connectivity index (χ2n) is 5.49. The number of nitrogens with zero attached hydrogens (tertiary/aromatic N) is 1. The first-order valence-corrected chi connectivity index (χ1v) is 7.65. The van der Waals surface area contributed by atoms with Gasteiger partial charge in [0.1, 0.15) is 5.75 Å². The van der Waals surface area contributed by atoms with E-state index < -0.39 is 0 Å². The van der Waals surface area contributed by atoms with E-state index in [1.165, 1.54) is 0 Å². The molecule has 2 rings (SSSR count). The maximum absolute atomic E-state index is 11.9. The Morgan fingerprint density at radius 1 is 1.41 bits per heavy atom. The molecule has 1 fully saturated rings. The Labute approximate surface area is 131 Å². The van der Waals surface area contributed by atoms with Crippen LogP contribution in [0.2, 0.25) is 0 Å². The molecule has 1 unspecified atom stereocenters. The maximum atomic E-state index is 11.9. The fraction of sp³-hybridized carbons (Fsp3) is 0.562. The maximum Gasteiger partial charge on any atom is 0.315 e. The monoisotopic (exact) mass is 307 g/mol. The largest absolute Gasteiger partial charge is 0.497 e. The van der Waals surface area contributed by atoms with E-state index in [1.807, 2.05) is 31.2 Å². The molecule has 0 radical (unpaired) electrons. The van der Waals surface area contributed by atoms with E-state index >= 15 is 0 Å². The Balaban J connectivity index is 1.70. The first-order valence-electron chi connectivity index (χ1n) is 7.65. The number of rotatable bonds is 6. The summed E-state index contributed by atoms with van der Waals surface area (Å²) in [5.74, 6) is 0.792. The molecule has 6 nitrogen and oxygen atoms in total. The number of carbonyl (C=O) groups excluding carboxylic acids is 1. The van der Waals surface area contributed by atoms with Crippen LogP contribution < -0.4 is 15.4 Å². The molecule has 1 aliphatic rings. The van der Waals surface area contributed by atoms with E-state index in [4.69, 9.17) is 9.47 Å². The summed E-state index contributed by atoms with van der Waals surface area (Å²) in [6, 6.07) is 7.62. The van der Waals surface area contributed by atoms with E-state index in [-0.39, 0.29) is 12.1 Å². The van der Waals surface area contributed by atoms with E-state index in [0.29, 0.717) is 6.54 Å². The van der Waals surface area contributed by atoms with E-state index in [1.54, 1.807) is 7.11 Å². The van der Waals surface area contributed by atoms with Crippen molar-refractivity contribution in [2.75, 3.05) is 40.0 Å². The minimum Gasteiger partial charge on any atom is -0.497 e. The molecule has 122 valence electrons. The van der Waals surface area contributed by atoms with Crippen molar-refractivity contribution >= 4 is 6.03 Å². The smallest absolute Gasteiger partial charge is 0.315 e. The van der Waals surface area contributed by atoms with Crippen molar-refractivity contribution in [3.05, 3.63) is 29.8 Å². The molecule has 2 N–H and O–H groups in total. The molecule has 0 saturated carbocycles. The Morgan fingerprint density at radius 3 is 2.91 bits per heavy atom. The SMILES string of the molecule is COc1cccc(CNC(=O)NC(C)CN2CCOCC2)c1. The number of hydrogen-bond donors (Lipinski definition) is 2. The van der Waals surface area contributed by atoms with Crippen molar-refractivity contribution in [2.45, 2.75) is 19.5 Å². The van der Waals surface area contributed by atoms with E-state index in [9.17, 15) is 4.79 Å². The summed E-state index contributed by atoms with van der Waals surface area (Å²) < 4.78 is 10.5. The van der Waals surface area contributed by atoms with Crippen LogP contribution in [-0.4, -0.2) is 56.9 Å². The number of ether oxygens (including phenoxy) is 2. The molecule has 1 aromatic carbocycles. The molecule has 1 atom stereocenters. The Morgan fingerprint density at radius 2 is 2.18 bits per heavy atom. The molecule has 6 heteroatoms. The van der Waals surface area contributed by atoms with Gasteiger partial charge in [-0.15, -0.1) is 0 Å². The van der Waals surface area contributed by atoms with Gasteiger partial charge in [0, 0.05) is 32.2 Å². The standard InChI is InChI=1S/C16H25N3O3/c1-13(12-19-6-8-22-9-7-19)18-16(20)17-11-14-4-3-5-15(10-14)21-2/h3-5,10,13H,6-9,11-12H2,1-2H3,(H2,17,18,20). The van der Waals surface area contributed by atoms with Crippen LogP contribution in [0.3, 0.4) is 0 Å². The molecule has 0 spiro atoms. The van der Waals surface area contributed by atoms with Crippen molar-refractivity contribution in [3.63, 3.8) is 0 Å². The molecular formula is C16H25N3O3. The number of carbonyl (C=O) groups is 1. The molecule has 1 aliphatic heterocycles. The number of methoxy groups -OCH3 is 1. The van der Waals surface area contributed by atoms with Crippen molar-refractivity contribution in [1.82, 2.24) is 15.5 Å². The predicted molar refractivity (Wildman–Crippen MR) is 85.1 cm³/mol. The molecule has 0 aliphatic carbocycles. The van der Waals surface area contributed by atoms with E-state index in [0.717, 1.165) is 44.2 Å². The first kappa shape index (κ1) is 16.6. The Kier molecular flexibility index (Phi) is 6.48. The molecule has 0 bridgehead atoms. The van der Waals surface area contributed by atoms with Crippen LogP contribution >= 0.6 is 0 Å². The van der Waals surface area contributed by atoms with Gasteiger partial charge >= 0.3 is 6.03 Å². The highest BCUT2D eigenvalue weighted by atomic mass is 16.5. The zero-order valence-electron chi connectivity index (χ0n) is 13.3. The highest BCUT2D eigenvalue weighted by Gasteiger charge is 2.14. The van der Waals surface area contributed by atoms with Crippen LogP contribution in [0, 0.1) is 0 Å². The number of nitrogens with one attached hydrogen (secondary N) is 2. The number of benzene rings is 1. The lowest BCUT2D eigenvalue weighted by molar-refractivity contribution is 0.0349. The second-order valence-corrected chi connectivity index (χ2v) is 5.49. The average molecular weight is 307 g/mol. The van der Waals surface area contributed by atoms with Gasteiger partial charge in [-0.05, 0) is 24.6 Å². The zero-order chi connectivity index (χ0) is 15.8. The number of amides is 2. The van der Waals surface area contributed by atoms with Crippen LogP contribution in [0.5, 0.6) is 5.75 Å². The quantitative estimate of drug-likeness (QED) is 0.829. The minimum atomic E-state index is -0.149. The van der Waals surface area contributed by atoms with Gasteiger partial charge in [0.05, 0.1) is 20.3 Å². The van der Waals surface area contributed by atoms with Gasteiger partial charge in [0.25, 0.3) is 0 Å². The Bertz CT molecular complexity index is 475. The highest BCUT2D eigenvalue weighted by Crippen LogP contribution is 2.12. The fourth-order valence-electron chi connectivity index (χ4n) is 2.46. The molecule has 1 saturated heterocycles. The number of urea groups is 1. The molecule has 1 heterocycles.